The Hall–Kier alpha value is -1.88. The number of aromatic carboxylic acids is 1. The van der Waals surface area contributed by atoms with Crippen LogP contribution in [0.25, 0.3) is 0 Å². The summed E-state index contributed by atoms with van der Waals surface area (Å²) in [5.74, 6) is 1.01. The van der Waals surface area contributed by atoms with E-state index in [4.69, 9.17) is 0 Å². The zero-order chi connectivity index (χ0) is 15.0. The van der Waals surface area contributed by atoms with Crippen LogP contribution in [-0.4, -0.2) is 26.8 Å². The van der Waals surface area contributed by atoms with E-state index < -0.39 is 5.97 Å². The van der Waals surface area contributed by atoms with Gasteiger partial charge in [-0.2, -0.15) is 0 Å². The molecule has 0 amide bonds. The molecule has 1 N–H and O–H groups in total. The molecule has 21 heavy (non-hydrogen) atoms. The minimum Gasteiger partial charge on any atom is -0.478 e. The van der Waals surface area contributed by atoms with E-state index in [-0.39, 0.29) is 5.56 Å². The number of benzene rings is 1. The second-order valence-electron chi connectivity index (χ2n) is 5.25. The van der Waals surface area contributed by atoms with E-state index in [0.717, 1.165) is 12.2 Å². The number of aromatic nitrogens is 2. The topological polar surface area (TPSA) is 63.1 Å². The summed E-state index contributed by atoms with van der Waals surface area (Å²) in [4.78, 5) is 19.8. The number of hydrogen-bond acceptors (Lipinski definition) is 4. The predicted molar refractivity (Wildman–Crippen MR) is 82.1 cm³/mol. The van der Waals surface area contributed by atoms with Gasteiger partial charge in [0.1, 0.15) is 16.4 Å². The third-order valence-electron chi connectivity index (χ3n) is 3.76. The largest absolute Gasteiger partial charge is 0.478 e. The Morgan fingerprint density at radius 2 is 2.10 bits per heavy atom. The first-order valence-electron chi connectivity index (χ1n) is 6.85. The number of aryl methyl sites for hydroxylation is 2. The van der Waals surface area contributed by atoms with Crippen LogP contribution in [0.5, 0.6) is 0 Å². The monoisotopic (exact) mass is 300 g/mol. The van der Waals surface area contributed by atoms with Crippen LogP contribution in [0.4, 0.5) is 0 Å². The third-order valence-corrected chi connectivity index (χ3v) is 4.90. The molecule has 0 aliphatic heterocycles. The van der Waals surface area contributed by atoms with E-state index in [1.807, 2.05) is 0 Å². The summed E-state index contributed by atoms with van der Waals surface area (Å²) in [7, 11) is 0. The van der Waals surface area contributed by atoms with E-state index in [1.165, 1.54) is 22.9 Å². The summed E-state index contributed by atoms with van der Waals surface area (Å²) in [5, 5.41) is 9.92. The standard InChI is InChI=1S/C16H16N2O2S/c1-9-14(16(19)20)15(18-10(2)17-9)21-8-12-7-11-5-3-4-6-13(11)12/h3-6,12H,7-8H2,1-2H3,(H,19,20). The van der Waals surface area contributed by atoms with Crippen molar-refractivity contribution in [1.82, 2.24) is 9.97 Å². The fourth-order valence-corrected chi connectivity index (χ4v) is 3.96. The molecule has 1 unspecified atom stereocenters. The molecule has 1 atom stereocenters. The highest BCUT2D eigenvalue weighted by Gasteiger charge is 2.26. The number of carbonyl (C=O) groups is 1. The van der Waals surface area contributed by atoms with Gasteiger partial charge in [0.05, 0.1) is 5.69 Å². The molecule has 0 fully saturated rings. The van der Waals surface area contributed by atoms with Gasteiger partial charge in [-0.1, -0.05) is 24.3 Å². The molecule has 1 aliphatic rings. The molecule has 108 valence electrons. The molecule has 0 radical (unpaired) electrons. The Bertz CT molecular complexity index is 715. The van der Waals surface area contributed by atoms with Crippen LogP contribution in [0.1, 0.15) is 38.9 Å². The molecule has 1 heterocycles. The SMILES string of the molecule is Cc1nc(C)c(C(=O)O)c(SCC2Cc3ccccc32)n1. The van der Waals surface area contributed by atoms with Gasteiger partial charge < -0.3 is 5.11 Å². The molecule has 4 nitrogen and oxygen atoms in total. The fourth-order valence-electron chi connectivity index (χ4n) is 2.72. The maximum Gasteiger partial charge on any atom is 0.340 e. The summed E-state index contributed by atoms with van der Waals surface area (Å²) < 4.78 is 0. The van der Waals surface area contributed by atoms with Gasteiger partial charge in [0, 0.05) is 5.75 Å². The maximum atomic E-state index is 11.4. The van der Waals surface area contributed by atoms with E-state index in [0.29, 0.717) is 22.5 Å². The Kier molecular flexibility index (Phi) is 3.68. The smallest absolute Gasteiger partial charge is 0.340 e. The van der Waals surface area contributed by atoms with Crippen molar-refractivity contribution in [3.05, 3.63) is 52.5 Å². The summed E-state index contributed by atoms with van der Waals surface area (Å²) >= 11 is 1.52. The molecular weight excluding hydrogens is 284 g/mol. The number of carboxylic acids is 1. The van der Waals surface area contributed by atoms with Crippen LogP contribution in [0.15, 0.2) is 29.3 Å². The molecule has 1 aromatic carbocycles. The lowest BCUT2D eigenvalue weighted by atomic mass is 9.79. The zero-order valence-electron chi connectivity index (χ0n) is 12.0. The molecule has 5 heteroatoms. The molecular formula is C16H16N2O2S. The maximum absolute atomic E-state index is 11.4. The molecule has 0 saturated carbocycles. The van der Waals surface area contributed by atoms with Crippen LogP contribution in [-0.2, 0) is 6.42 Å². The van der Waals surface area contributed by atoms with Gasteiger partial charge in [-0.05, 0) is 37.3 Å². The first kappa shape index (κ1) is 14.1. The Labute approximate surface area is 127 Å². The van der Waals surface area contributed by atoms with Gasteiger partial charge in [0.2, 0.25) is 0 Å². The lowest BCUT2D eigenvalue weighted by Gasteiger charge is -2.29. The summed E-state index contributed by atoms with van der Waals surface area (Å²) in [6.07, 6.45) is 1.06. The third kappa shape index (κ3) is 2.65. The van der Waals surface area contributed by atoms with Gasteiger partial charge in [0.25, 0.3) is 0 Å². The van der Waals surface area contributed by atoms with Crippen LogP contribution in [0, 0.1) is 13.8 Å². The minimum absolute atomic E-state index is 0.234. The summed E-state index contributed by atoms with van der Waals surface area (Å²) in [6.45, 7) is 3.52. The second-order valence-corrected chi connectivity index (χ2v) is 6.26. The van der Waals surface area contributed by atoms with E-state index in [1.54, 1.807) is 13.8 Å². The van der Waals surface area contributed by atoms with E-state index in [2.05, 4.69) is 34.2 Å². The van der Waals surface area contributed by atoms with Crippen molar-refractivity contribution in [2.75, 3.05) is 5.75 Å². The van der Waals surface area contributed by atoms with E-state index >= 15 is 0 Å². The average molecular weight is 300 g/mol. The van der Waals surface area contributed by atoms with Crippen molar-refractivity contribution in [2.24, 2.45) is 0 Å². The Morgan fingerprint density at radius 3 is 2.81 bits per heavy atom. The van der Waals surface area contributed by atoms with Crippen molar-refractivity contribution < 1.29 is 9.90 Å². The van der Waals surface area contributed by atoms with Crippen molar-refractivity contribution in [2.45, 2.75) is 31.2 Å². The summed E-state index contributed by atoms with van der Waals surface area (Å²) in [6, 6.07) is 8.41. The number of hydrogen-bond donors (Lipinski definition) is 1. The van der Waals surface area contributed by atoms with Gasteiger partial charge in [-0.3, -0.25) is 0 Å². The average Bonchev–Trinajstić information content (AvgIpc) is 2.38. The first-order valence-corrected chi connectivity index (χ1v) is 7.84. The van der Waals surface area contributed by atoms with Crippen molar-refractivity contribution >= 4 is 17.7 Å². The van der Waals surface area contributed by atoms with Crippen LogP contribution in [0.3, 0.4) is 0 Å². The Balaban J connectivity index is 1.79. The number of nitrogens with zero attached hydrogens (tertiary/aromatic N) is 2. The van der Waals surface area contributed by atoms with Crippen LogP contribution >= 0.6 is 11.8 Å². The van der Waals surface area contributed by atoms with Crippen molar-refractivity contribution in [1.29, 1.82) is 0 Å². The molecule has 2 aromatic rings. The molecule has 0 bridgehead atoms. The highest BCUT2D eigenvalue weighted by atomic mass is 32.2. The quantitative estimate of drug-likeness (QED) is 0.694. The summed E-state index contributed by atoms with van der Waals surface area (Å²) in [5.41, 5.74) is 3.55. The van der Waals surface area contributed by atoms with Crippen molar-refractivity contribution in [3.63, 3.8) is 0 Å². The fraction of sp³-hybridized carbons (Fsp3) is 0.312. The molecule has 0 saturated heterocycles. The molecule has 3 rings (SSSR count). The number of rotatable bonds is 4. The van der Waals surface area contributed by atoms with Gasteiger partial charge in [-0.25, -0.2) is 14.8 Å². The molecule has 1 aromatic heterocycles. The first-order chi connectivity index (χ1) is 10.1. The van der Waals surface area contributed by atoms with Gasteiger partial charge in [0.15, 0.2) is 0 Å². The number of carboxylic acid groups (broad SMARTS) is 1. The minimum atomic E-state index is -0.955. The van der Waals surface area contributed by atoms with Crippen molar-refractivity contribution in [3.8, 4) is 0 Å². The zero-order valence-corrected chi connectivity index (χ0v) is 12.8. The predicted octanol–water partition coefficient (Wildman–Crippen LogP) is 3.22. The lowest BCUT2D eigenvalue weighted by molar-refractivity contribution is 0.0690. The molecule has 0 spiro atoms. The van der Waals surface area contributed by atoms with Crippen LogP contribution in [0.2, 0.25) is 0 Å². The Morgan fingerprint density at radius 1 is 1.33 bits per heavy atom. The number of fused-ring (bicyclic) bond motifs is 1. The normalized spacial score (nSPS) is 16.2. The highest BCUT2D eigenvalue weighted by molar-refractivity contribution is 7.99. The van der Waals surface area contributed by atoms with E-state index in [9.17, 15) is 9.90 Å². The highest BCUT2D eigenvalue weighted by Crippen LogP contribution is 2.39. The van der Waals surface area contributed by atoms with Crippen LogP contribution < -0.4 is 0 Å². The van der Waals surface area contributed by atoms with Gasteiger partial charge in [-0.15, -0.1) is 11.8 Å². The second kappa shape index (κ2) is 5.48. The molecule has 1 aliphatic carbocycles. The van der Waals surface area contributed by atoms with Gasteiger partial charge >= 0.3 is 5.97 Å². The number of thioether (sulfide) groups is 1. The lowest BCUT2D eigenvalue weighted by Crippen LogP contribution is -2.19.